The van der Waals surface area contributed by atoms with Crippen molar-refractivity contribution in [2.24, 2.45) is 0 Å². The second kappa shape index (κ2) is 3.38. The fraction of sp³-hybridized carbons (Fsp3) is 0.273. The number of hydrogen-bond donors (Lipinski definition) is 1. The first-order chi connectivity index (χ1) is 7.11. The highest BCUT2D eigenvalue weighted by Crippen LogP contribution is 2.21. The fourth-order valence-corrected chi connectivity index (χ4v) is 1.67. The summed E-state index contributed by atoms with van der Waals surface area (Å²) in [5.41, 5.74) is 0.999. The van der Waals surface area contributed by atoms with Crippen LogP contribution in [-0.2, 0) is 0 Å². The van der Waals surface area contributed by atoms with Gasteiger partial charge in [-0.25, -0.2) is 4.79 Å². The molecule has 0 fully saturated rings. The molecule has 0 amide bonds. The van der Waals surface area contributed by atoms with Crippen molar-refractivity contribution >= 4 is 16.9 Å². The number of carboxylic acids is 1. The van der Waals surface area contributed by atoms with Gasteiger partial charge in [-0.15, -0.1) is 0 Å². The quantitative estimate of drug-likeness (QED) is 0.816. The largest absolute Gasteiger partial charge is 0.478 e. The minimum atomic E-state index is -0.914. The molecule has 0 saturated heterocycles. The molecule has 4 nitrogen and oxygen atoms in total. The molecule has 0 atom stereocenters. The molecular formula is C11H12N2O2. The van der Waals surface area contributed by atoms with Crippen LogP contribution in [0.15, 0.2) is 24.4 Å². The van der Waals surface area contributed by atoms with Crippen LogP contribution < -0.4 is 0 Å². The number of carbonyl (C=O) groups is 1. The molecule has 1 N–H and O–H groups in total. The third-order valence-electron chi connectivity index (χ3n) is 2.34. The van der Waals surface area contributed by atoms with Crippen LogP contribution in [0.25, 0.3) is 10.9 Å². The molecule has 0 saturated carbocycles. The first kappa shape index (κ1) is 9.71. The lowest BCUT2D eigenvalue weighted by Gasteiger charge is -2.08. The third kappa shape index (κ3) is 1.48. The summed E-state index contributed by atoms with van der Waals surface area (Å²) < 4.78 is 1.73. The Morgan fingerprint density at radius 1 is 1.47 bits per heavy atom. The van der Waals surface area contributed by atoms with Crippen molar-refractivity contribution in [1.29, 1.82) is 0 Å². The second-order valence-electron chi connectivity index (χ2n) is 3.73. The molecule has 1 aromatic carbocycles. The number of aromatic carboxylic acids is 1. The summed E-state index contributed by atoms with van der Waals surface area (Å²) in [6, 6.07) is 5.36. The second-order valence-corrected chi connectivity index (χ2v) is 3.73. The minimum Gasteiger partial charge on any atom is -0.478 e. The van der Waals surface area contributed by atoms with E-state index in [0.29, 0.717) is 11.1 Å². The van der Waals surface area contributed by atoms with E-state index in [0.717, 1.165) is 5.39 Å². The zero-order valence-electron chi connectivity index (χ0n) is 8.64. The fourth-order valence-electron chi connectivity index (χ4n) is 1.67. The summed E-state index contributed by atoms with van der Waals surface area (Å²) in [5.74, 6) is -0.914. The molecule has 2 rings (SSSR count). The smallest absolute Gasteiger partial charge is 0.337 e. The molecule has 0 aliphatic rings. The molecule has 0 radical (unpaired) electrons. The van der Waals surface area contributed by atoms with Crippen molar-refractivity contribution in [3.8, 4) is 0 Å². The van der Waals surface area contributed by atoms with Gasteiger partial charge in [0.1, 0.15) is 0 Å². The standard InChI is InChI=1S/C11H12N2O2/c1-7(2)13-10-8(6-12-13)4-3-5-9(10)11(14)15/h3-7H,1-2H3,(H,14,15). The molecule has 0 bridgehead atoms. The molecule has 78 valence electrons. The number of rotatable bonds is 2. The summed E-state index contributed by atoms with van der Waals surface area (Å²) in [6.07, 6.45) is 1.70. The van der Waals surface area contributed by atoms with Crippen LogP contribution in [-0.4, -0.2) is 20.9 Å². The molecule has 0 unspecified atom stereocenters. The van der Waals surface area contributed by atoms with Crippen molar-refractivity contribution < 1.29 is 9.90 Å². The summed E-state index contributed by atoms with van der Waals surface area (Å²) in [5, 5.41) is 14.1. The lowest BCUT2D eigenvalue weighted by Crippen LogP contribution is -2.06. The van der Waals surface area contributed by atoms with Crippen molar-refractivity contribution in [2.45, 2.75) is 19.9 Å². The number of carboxylic acid groups (broad SMARTS) is 1. The summed E-state index contributed by atoms with van der Waals surface area (Å²) in [6.45, 7) is 3.95. The zero-order chi connectivity index (χ0) is 11.0. The lowest BCUT2D eigenvalue weighted by atomic mass is 10.1. The minimum absolute atomic E-state index is 0.156. The Labute approximate surface area is 87.1 Å². The molecule has 4 heteroatoms. The van der Waals surface area contributed by atoms with Gasteiger partial charge in [0.25, 0.3) is 0 Å². The highest BCUT2D eigenvalue weighted by atomic mass is 16.4. The van der Waals surface area contributed by atoms with Gasteiger partial charge in [0.15, 0.2) is 0 Å². The maximum absolute atomic E-state index is 11.0. The Morgan fingerprint density at radius 2 is 2.20 bits per heavy atom. The van der Waals surface area contributed by atoms with E-state index in [1.165, 1.54) is 0 Å². The number of benzene rings is 1. The third-order valence-corrected chi connectivity index (χ3v) is 2.34. The Bertz CT molecular complexity index is 514. The Balaban J connectivity index is 2.80. The molecule has 15 heavy (non-hydrogen) atoms. The van der Waals surface area contributed by atoms with Gasteiger partial charge in [0.05, 0.1) is 17.3 Å². The highest BCUT2D eigenvalue weighted by molar-refractivity contribution is 6.01. The van der Waals surface area contributed by atoms with Crippen molar-refractivity contribution in [3.05, 3.63) is 30.0 Å². The SMILES string of the molecule is CC(C)n1ncc2cccc(C(=O)O)c21. The van der Waals surface area contributed by atoms with E-state index in [-0.39, 0.29) is 6.04 Å². The zero-order valence-corrected chi connectivity index (χ0v) is 8.64. The molecular weight excluding hydrogens is 192 g/mol. The molecule has 0 aliphatic heterocycles. The van der Waals surface area contributed by atoms with Gasteiger partial charge in [0.2, 0.25) is 0 Å². The van der Waals surface area contributed by atoms with Crippen LogP contribution in [0.3, 0.4) is 0 Å². The van der Waals surface area contributed by atoms with Gasteiger partial charge in [-0.1, -0.05) is 12.1 Å². The van der Waals surface area contributed by atoms with E-state index in [2.05, 4.69) is 5.10 Å². The van der Waals surface area contributed by atoms with Crippen LogP contribution in [0.2, 0.25) is 0 Å². The molecule has 1 heterocycles. The summed E-state index contributed by atoms with van der Waals surface area (Å²) >= 11 is 0. The first-order valence-electron chi connectivity index (χ1n) is 4.81. The van der Waals surface area contributed by atoms with E-state index in [1.807, 2.05) is 19.9 Å². The van der Waals surface area contributed by atoms with Crippen molar-refractivity contribution in [1.82, 2.24) is 9.78 Å². The van der Waals surface area contributed by atoms with Crippen LogP contribution in [0.4, 0.5) is 0 Å². The molecule has 0 spiro atoms. The molecule has 1 aromatic heterocycles. The Hall–Kier alpha value is -1.84. The van der Waals surface area contributed by atoms with Gasteiger partial charge in [-0.05, 0) is 19.9 Å². The normalized spacial score (nSPS) is 11.1. The predicted octanol–water partition coefficient (Wildman–Crippen LogP) is 2.32. The topological polar surface area (TPSA) is 55.1 Å². The number of fused-ring (bicyclic) bond motifs is 1. The maximum atomic E-state index is 11.0. The molecule has 0 aliphatic carbocycles. The number of nitrogens with zero attached hydrogens (tertiary/aromatic N) is 2. The highest BCUT2D eigenvalue weighted by Gasteiger charge is 2.14. The monoisotopic (exact) mass is 204 g/mol. The summed E-state index contributed by atoms with van der Waals surface area (Å²) in [7, 11) is 0. The predicted molar refractivity (Wildman–Crippen MR) is 57.1 cm³/mol. The maximum Gasteiger partial charge on any atom is 0.337 e. The van der Waals surface area contributed by atoms with E-state index >= 15 is 0 Å². The Morgan fingerprint density at radius 3 is 2.80 bits per heavy atom. The lowest BCUT2D eigenvalue weighted by molar-refractivity contribution is 0.0698. The van der Waals surface area contributed by atoms with E-state index in [1.54, 1.807) is 23.0 Å². The van der Waals surface area contributed by atoms with Crippen molar-refractivity contribution in [3.63, 3.8) is 0 Å². The number of hydrogen-bond acceptors (Lipinski definition) is 2. The first-order valence-corrected chi connectivity index (χ1v) is 4.81. The summed E-state index contributed by atoms with van der Waals surface area (Å²) in [4.78, 5) is 11.0. The van der Waals surface area contributed by atoms with Gasteiger partial charge in [-0.2, -0.15) is 5.10 Å². The molecule has 2 aromatic rings. The van der Waals surface area contributed by atoms with Gasteiger partial charge < -0.3 is 5.11 Å². The van der Waals surface area contributed by atoms with Gasteiger partial charge >= 0.3 is 5.97 Å². The van der Waals surface area contributed by atoms with Crippen molar-refractivity contribution in [2.75, 3.05) is 0 Å². The van der Waals surface area contributed by atoms with E-state index in [9.17, 15) is 4.79 Å². The van der Waals surface area contributed by atoms with Crippen LogP contribution >= 0.6 is 0 Å². The van der Waals surface area contributed by atoms with Crippen LogP contribution in [0, 0.1) is 0 Å². The van der Waals surface area contributed by atoms with Crippen LogP contribution in [0.1, 0.15) is 30.2 Å². The average molecular weight is 204 g/mol. The van der Waals surface area contributed by atoms with E-state index < -0.39 is 5.97 Å². The number of aromatic nitrogens is 2. The Kier molecular flexibility index (Phi) is 2.19. The average Bonchev–Trinajstić information content (AvgIpc) is 2.60. The van der Waals surface area contributed by atoms with Gasteiger partial charge in [-0.3, -0.25) is 4.68 Å². The van der Waals surface area contributed by atoms with Gasteiger partial charge in [0, 0.05) is 11.4 Å². The van der Waals surface area contributed by atoms with E-state index in [4.69, 9.17) is 5.11 Å². The van der Waals surface area contributed by atoms with Crippen LogP contribution in [0.5, 0.6) is 0 Å². The number of para-hydroxylation sites is 1.